The van der Waals surface area contributed by atoms with Gasteiger partial charge in [0.15, 0.2) is 0 Å². The molecule has 0 amide bonds. The first-order valence-corrected chi connectivity index (χ1v) is 11.3. The predicted octanol–water partition coefficient (Wildman–Crippen LogP) is 7.02. The van der Waals surface area contributed by atoms with E-state index >= 15 is 0 Å². The van der Waals surface area contributed by atoms with Crippen molar-refractivity contribution in [2.75, 3.05) is 0 Å². The molecule has 0 radical (unpaired) electrons. The SMILES string of the molecule is CCCC(CC)Cc1cc2cc3nc(cc4ccc(cc5nc(cc1[nH]2)C=C5)[nH]4)C=C3. The van der Waals surface area contributed by atoms with E-state index in [-0.39, 0.29) is 0 Å². The standard InChI is InChI=1S/C27H28N4/c1-3-5-18(4-2)12-19-13-26-16-24-9-8-22(29-24)14-20-6-7-21(28-20)15-23-10-11-25(30-23)17-27(19)31-26/h6-11,13-18,28,31H,3-5,12H2,1-2H3. The molecule has 0 aliphatic carbocycles. The molecule has 156 valence electrons. The summed E-state index contributed by atoms with van der Waals surface area (Å²) in [5.41, 5.74) is 9.51. The van der Waals surface area contributed by atoms with Crippen LogP contribution in [0, 0.1) is 5.92 Å². The lowest BCUT2D eigenvalue weighted by Crippen LogP contribution is -2.02. The minimum Gasteiger partial charge on any atom is -0.355 e. The second-order valence-corrected chi connectivity index (χ2v) is 8.47. The Bertz CT molecular complexity index is 1320. The molecule has 2 N–H and O–H groups in total. The van der Waals surface area contributed by atoms with E-state index < -0.39 is 0 Å². The first kappa shape index (κ1) is 19.6. The van der Waals surface area contributed by atoms with E-state index in [1.54, 1.807) is 0 Å². The number of aromatic nitrogens is 4. The summed E-state index contributed by atoms with van der Waals surface area (Å²) in [4.78, 5) is 16.6. The van der Waals surface area contributed by atoms with Gasteiger partial charge in [-0.15, -0.1) is 0 Å². The normalized spacial score (nSPS) is 13.6. The Balaban J connectivity index is 1.72. The molecular formula is C27H28N4. The summed E-state index contributed by atoms with van der Waals surface area (Å²) in [6.07, 6.45) is 13.1. The highest BCUT2D eigenvalue weighted by Gasteiger charge is 2.11. The van der Waals surface area contributed by atoms with Gasteiger partial charge in [0.2, 0.25) is 0 Å². The van der Waals surface area contributed by atoms with Crippen LogP contribution in [0.2, 0.25) is 0 Å². The van der Waals surface area contributed by atoms with Crippen molar-refractivity contribution >= 4 is 46.4 Å². The van der Waals surface area contributed by atoms with Crippen molar-refractivity contribution in [3.63, 3.8) is 0 Å². The highest BCUT2D eigenvalue weighted by Crippen LogP contribution is 2.24. The molecule has 4 heteroatoms. The Hall–Kier alpha value is -3.40. The lowest BCUT2D eigenvalue weighted by atomic mass is 9.93. The van der Waals surface area contributed by atoms with Crippen molar-refractivity contribution in [3.05, 3.63) is 70.8 Å². The number of rotatable bonds is 5. The average molecular weight is 409 g/mol. The number of fused-ring (bicyclic) bond motifs is 8. The van der Waals surface area contributed by atoms with Crippen molar-refractivity contribution < 1.29 is 0 Å². The third-order valence-corrected chi connectivity index (χ3v) is 6.04. The molecule has 0 aromatic carbocycles. The number of H-pyrrole nitrogens is 2. The van der Waals surface area contributed by atoms with Crippen LogP contribution < -0.4 is 0 Å². The minimum absolute atomic E-state index is 0.700. The van der Waals surface area contributed by atoms with E-state index in [0.717, 1.165) is 51.3 Å². The summed E-state index contributed by atoms with van der Waals surface area (Å²) < 4.78 is 0. The lowest BCUT2D eigenvalue weighted by Gasteiger charge is -2.12. The molecular weight excluding hydrogens is 380 g/mol. The van der Waals surface area contributed by atoms with Crippen LogP contribution in [0.5, 0.6) is 0 Å². The molecule has 5 rings (SSSR count). The van der Waals surface area contributed by atoms with Crippen LogP contribution in [0.1, 0.15) is 61.4 Å². The molecule has 0 spiro atoms. The summed E-state index contributed by atoms with van der Waals surface area (Å²) in [5, 5.41) is 0. The second kappa shape index (κ2) is 8.38. The van der Waals surface area contributed by atoms with Gasteiger partial charge in [0.1, 0.15) is 0 Å². The van der Waals surface area contributed by atoms with Gasteiger partial charge in [-0.2, -0.15) is 0 Å². The van der Waals surface area contributed by atoms with Crippen LogP contribution in [0.25, 0.3) is 46.4 Å². The zero-order chi connectivity index (χ0) is 21.2. The fraction of sp³-hybridized carbons (Fsp3) is 0.259. The number of aromatic amines is 2. The monoisotopic (exact) mass is 408 g/mol. The van der Waals surface area contributed by atoms with Crippen molar-refractivity contribution in [1.29, 1.82) is 0 Å². The largest absolute Gasteiger partial charge is 0.355 e. The molecule has 4 nitrogen and oxygen atoms in total. The van der Waals surface area contributed by atoms with Gasteiger partial charge in [0, 0.05) is 22.1 Å². The summed E-state index contributed by atoms with van der Waals surface area (Å²) in [6.45, 7) is 4.57. The van der Waals surface area contributed by atoms with Crippen LogP contribution in [0.15, 0.2) is 42.5 Å². The zero-order valence-electron chi connectivity index (χ0n) is 18.2. The van der Waals surface area contributed by atoms with E-state index in [0.29, 0.717) is 5.92 Å². The van der Waals surface area contributed by atoms with Gasteiger partial charge >= 0.3 is 0 Å². The van der Waals surface area contributed by atoms with Crippen LogP contribution in [-0.4, -0.2) is 19.9 Å². The molecule has 0 saturated heterocycles. The molecule has 2 aliphatic rings. The van der Waals surface area contributed by atoms with E-state index in [9.17, 15) is 0 Å². The van der Waals surface area contributed by atoms with Crippen molar-refractivity contribution in [3.8, 4) is 0 Å². The van der Waals surface area contributed by atoms with Gasteiger partial charge in [0.05, 0.1) is 22.8 Å². The summed E-state index contributed by atoms with van der Waals surface area (Å²) >= 11 is 0. The van der Waals surface area contributed by atoms with Gasteiger partial charge in [-0.25, -0.2) is 9.97 Å². The summed E-state index contributed by atoms with van der Waals surface area (Å²) in [7, 11) is 0. The molecule has 1 unspecified atom stereocenters. The van der Waals surface area contributed by atoms with E-state index in [1.165, 1.54) is 24.8 Å². The first-order chi connectivity index (χ1) is 15.2. The minimum atomic E-state index is 0.700. The third-order valence-electron chi connectivity index (χ3n) is 6.04. The van der Waals surface area contributed by atoms with Crippen LogP contribution in [-0.2, 0) is 6.42 Å². The second-order valence-electron chi connectivity index (χ2n) is 8.47. The highest BCUT2D eigenvalue weighted by atomic mass is 14.8. The first-order valence-electron chi connectivity index (χ1n) is 11.3. The maximum atomic E-state index is 4.81. The topological polar surface area (TPSA) is 57.4 Å². The summed E-state index contributed by atoms with van der Waals surface area (Å²) in [5.74, 6) is 0.700. The molecule has 0 fully saturated rings. The molecule has 3 aromatic rings. The number of hydrogen-bond acceptors (Lipinski definition) is 2. The molecule has 8 bridgehead atoms. The number of hydrogen-bond donors (Lipinski definition) is 2. The molecule has 3 aromatic heterocycles. The maximum absolute atomic E-state index is 4.81. The van der Waals surface area contributed by atoms with Crippen molar-refractivity contribution in [1.82, 2.24) is 19.9 Å². The number of nitrogens with zero attached hydrogens (tertiary/aromatic N) is 2. The third kappa shape index (κ3) is 4.38. The number of nitrogens with one attached hydrogen (secondary N) is 2. The smallest absolute Gasteiger partial charge is 0.0658 e. The van der Waals surface area contributed by atoms with Gasteiger partial charge in [0.25, 0.3) is 0 Å². The van der Waals surface area contributed by atoms with Gasteiger partial charge in [-0.1, -0.05) is 33.1 Å². The Morgan fingerprint density at radius 3 is 1.87 bits per heavy atom. The van der Waals surface area contributed by atoms with Gasteiger partial charge in [-0.3, -0.25) is 0 Å². The predicted molar refractivity (Wildman–Crippen MR) is 131 cm³/mol. The fourth-order valence-corrected chi connectivity index (χ4v) is 4.42. The highest BCUT2D eigenvalue weighted by molar-refractivity contribution is 5.78. The molecule has 1 atom stereocenters. The maximum Gasteiger partial charge on any atom is 0.0658 e. The lowest BCUT2D eigenvalue weighted by molar-refractivity contribution is 0.463. The Labute approximate surface area is 182 Å². The van der Waals surface area contributed by atoms with Crippen LogP contribution in [0.3, 0.4) is 0 Å². The average Bonchev–Trinajstić information content (AvgIpc) is 3.53. The fourth-order valence-electron chi connectivity index (χ4n) is 4.42. The Morgan fingerprint density at radius 2 is 1.29 bits per heavy atom. The van der Waals surface area contributed by atoms with E-state index in [1.807, 2.05) is 0 Å². The molecule has 2 aliphatic heterocycles. The van der Waals surface area contributed by atoms with Crippen LogP contribution in [0.4, 0.5) is 0 Å². The zero-order valence-corrected chi connectivity index (χ0v) is 18.2. The van der Waals surface area contributed by atoms with Crippen molar-refractivity contribution in [2.24, 2.45) is 5.92 Å². The quantitative estimate of drug-likeness (QED) is 0.328. The Kier molecular flexibility index (Phi) is 5.29. The molecule has 31 heavy (non-hydrogen) atoms. The van der Waals surface area contributed by atoms with E-state index in [4.69, 9.17) is 9.97 Å². The van der Waals surface area contributed by atoms with Gasteiger partial charge < -0.3 is 9.97 Å². The van der Waals surface area contributed by atoms with Crippen molar-refractivity contribution in [2.45, 2.75) is 39.5 Å². The molecule has 5 heterocycles. The summed E-state index contributed by atoms with van der Waals surface area (Å²) in [6, 6.07) is 14.9. The van der Waals surface area contributed by atoms with Crippen LogP contribution >= 0.6 is 0 Å². The van der Waals surface area contributed by atoms with E-state index in [2.05, 4.69) is 90.6 Å². The molecule has 0 saturated carbocycles. The Morgan fingerprint density at radius 1 is 0.710 bits per heavy atom. The van der Waals surface area contributed by atoms with Gasteiger partial charge in [-0.05, 0) is 84.7 Å².